The van der Waals surface area contributed by atoms with Crippen molar-refractivity contribution in [1.82, 2.24) is 13.6 Å². The van der Waals surface area contributed by atoms with Crippen molar-refractivity contribution in [3.8, 4) is 0 Å². The van der Waals surface area contributed by atoms with E-state index in [0.29, 0.717) is 31.0 Å². The van der Waals surface area contributed by atoms with Gasteiger partial charge in [0.25, 0.3) is 0 Å². The van der Waals surface area contributed by atoms with Crippen LogP contribution in [0.1, 0.15) is 33.5 Å². The summed E-state index contributed by atoms with van der Waals surface area (Å²) in [6, 6.07) is 12.4. The maximum Gasteiger partial charge on any atom is 0.243 e. The number of fused-ring (bicyclic) bond motifs is 1. The minimum atomic E-state index is -3.64. The van der Waals surface area contributed by atoms with Crippen LogP contribution in [0.4, 0.5) is 0 Å². The van der Waals surface area contributed by atoms with Gasteiger partial charge in [0.15, 0.2) is 0 Å². The first kappa shape index (κ1) is 24.7. The lowest BCUT2D eigenvalue weighted by molar-refractivity contribution is 0.414. The Bertz CT molecular complexity index is 1400. The Morgan fingerprint density at radius 1 is 0.824 bits per heavy atom. The fourth-order valence-corrected chi connectivity index (χ4v) is 7.55. The van der Waals surface area contributed by atoms with E-state index < -0.39 is 20.0 Å². The van der Waals surface area contributed by atoms with E-state index >= 15 is 0 Å². The van der Waals surface area contributed by atoms with Gasteiger partial charge in [0.1, 0.15) is 0 Å². The Balaban J connectivity index is 1.51. The smallest absolute Gasteiger partial charge is 0.243 e. The molecule has 182 valence electrons. The van der Waals surface area contributed by atoms with Gasteiger partial charge in [-0.3, -0.25) is 0 Å². The summed E-state index contributed by atoms with van der Waals surface area (Å²) in [6.45, 7) is 8.93. The molecule has 2 heterocycles. The molecule has 3 aromatic rings. The summed E-state index contributed by atoms with van der Waals surface area (Å²) < 4.78 is 58.7. The quantitative estimate of drug-likeness (QED) is 0.560. The molecule has 0 atom stereocenters. The lowest BCUT2D eigenvalue weighted by Crippen LogP contribution is -2.34. The Labute approximate surface area is 202 Å². The van der Waals surface area contributed by atoms with Gasteiger partial charge in [-0.25, -0.2) is 21.6 Å². The van der Waals surface area contributed by atoms with E-state index in [9.17, 15) is 16.8 Å². The number of hydrogen-bond acceptors (Lipinski definition) is 4. The third-order valence-electron chi connectivity index (χ3n) is 6.35. The van der Waals surface area contributed by atoms with Crippen LogP contribution < -0.4 is 4.72 Å². The molecule has 0 unspecified atom stereocenters. The van der Waals surface area contributed by atoms with E-state index in [4.69, 9.17) is 0 Å². The largest absolute Gasteiger partial charge is 0.350 e. The number of rotatable bonds is 6. The van der Waals surface area contributed by atoms with E-state index in [2.05, 4.69) is 4.72 Å². The molecule has 1 N–H and O–H groups in total. The van der Waals surface area contributed by atoms with Crippen molar-refractivity contribution in [2.75, 3.05) is 13.1 Å². The number of sulfonamides is 2. The van der Waals surface area contributed by atoms with Gasteiger partial charge in [-0.1, -0.05) is 35.4 Å². The molecule has 1 aromatic heterocycles. The number of aryl methyl sites for hydroxylation is 4. The summed E-state index contributed by atoms with van der Waals surface area (Å²) in [5, 5.41) is 0. The number of nitrogens with one attached hydrogen (secondary N) is 1. The van der Waals surface area contributed by atoms with Crippen LogP contribution in [-0.2, 0) is 39.6 Å². The predicted molar refractivity (Wildman–Crippen MR) is 133 cm³/mol. The highest BCUT2D eigenvalue weighted by atomic mass is 32.2. The molecule has 9 heteroatoms. The molecule has 2 aromatic carbocycles. The van der Waals surface area contributed by atoms with Crippen molar-refractivity contribution in [3.63, 3.8) is 0 Å². The highest BCUT2D eigenvalue weighted by Crippen LogP contribution is 2.27. The van der Waals surface area contributed by atoms with Gasteiger partial charge >= 0.3 is 0 Å². The highest BCUT2D eigenvalue weighted by molar-refractivity contribution is 7.89. The standard InChI is InChI=1S/C25H31N3O4S2/c1-18-5-7-23(8-6-18)33(29,30)26-17-22-9-11-27-13-14-28(12-10-24(22)27)34(31,32)25-20(3)15-19(2)16-21(25)4/h5-9,11,15-16,26H,10,12-14,17H2,1-4H3. The first-order chi connectivity index (χ1) is 16.0. The molecule has 7 nitrogen and oxygen atoms in total. The average molecular weight is 502 g/mol. The molecule has 1 aliphatic rings. The molecular formula is C25H31N3O4S2. The minimum Gasteiger partial charge on any atom is -0.350 e. The molecule has 0 fully saturated rings. The molecule has 0 saturated carbocycles. The number of hydrogen-bond donors (Lipinski definition) is 1. The van der Waals surface area contributed by atoms with Gasteiger partial charge in [0.2, 0.25) is 20.0 Å². The van der Waals surface area contributed by atoms with Crippen molar-refractivity contribution in [1.29, 1.82) is 0 Å². The van der Waals surface area contributed by atoms with Gasteiger partial charge < -0.3 is 4.57 Å². The van der Waals surface area contributed by atoms with Crippen LogP contribution in [0, 0.1) is 27.7 Å². The SMILES string of the molecule is Cc1ccc(S(=O)(=O)NCc2ccn3c2CCN(S(=O)(=O)c2c(C)cc(C)cc2C)CC3)cc1. The van der Waals surface area contributed by atoms with Crippen molar-refractivity contribution >= 4 is 20.0 Å². The van der Waals surface area contributed by atoms with Gasteiger partial charge in [-0.2, -0.15) is 4.31 Å². The molecule has 0 aliphatic carbocycles. The Hall–Kier alpha value is -2.46. The van der Waals surface area contributed by atoms with Crippen molar-refractivity contribution in [2.45, 2.75) is 57.0 Å². The fourth-order valence-electron chi connectivity index (χ4n) is 4.70. The lowest BCUT2D eigenvalue weighted by Gasteiger charge is -2.22. The van der Waals surface area contributed by atoms with Crippen LogP contribution in [0.25, 0.3) is 0 Å². The molecule has 0 radical (unpaired) electrons. The van der Waals surface area contributed by atoms with Crippen LogP contribution in [0.3, 0.4) is 0 Å². The van der Waals surface area contributed by atoms with Crippen LogP contribution in [0.5, 0.6) is 0 Å². The van der Waals surface area contributed by atoms with Gasteiger partial charge in [-0.05, 0) is 62.6 Å². The third kappa shape index (κ3) is 4.84. The monoisotopic (exact) mass is 501 g/mol. The number of nitrogens with zero attached hydrogens (tertiary/aromatic N) is 2. The predicted octanol–water partition coefficient (Wildman–Crippen LogP) is 3.45. The first-order valence-electron chi connectivity index (χ1n) is 11.3. The van der Waals surface area contributed by atoms with Crippen molar-refractivity contribution < 1.29 is 16.8 Å². The maximum absolute atomic E-state index is 13.5. The summed E-state index contributed by atoms with van der Waals surface area (Å²) in [6.07, 6.45) is 2.42. The summed E-state index contributed by atoms with van der Waals surface area (Å²) in [5.74, 6) is 0. The minimum absolute atomic E-state index is 0.154. The fraction of sp³-hybridized carbons (Fsp3) is 0.360. The van der Waals surface area contributed by atoms with Crippen LogP contribution >= 0.6 is 0 Å². The average Bonchev–Trinajstić information content (AvgIpc) is 3.00. The first-order valence-corrected chi connectivity index (χ1v) is 14.2. The van der Waals surface area contributed by atoms with E-state index in [1.807, 2.05) is 56.7 Å². The zero-order chi connectivity index (χ0) is 24.7. The summed E-state index contributed by atoms with van der Waals surface area (Å²) in [7, 11) is -7.28. The maximum atomic E-state index is 13.5. The molecule has 34 heavy (non-hydrogen) atoms. The van der Waals surface area contributed by atoms with Gasteiger partial charge in [0, 0.05) is 44.5 Å². The summed E-state index contributed by atoms with van der Waals surface area (Å²) in [4.78, 5) is 0.611. The van der Waals surface area contributed by atoms with E-state index in [1.165, 1.54) is 0 Å². The van der Waals surface area contributed by atoms with Crippen LogP contribution in [-0.4, -0.2) is 38.8 Å². The summed E-state index contributed by atoms with van der Waals surface area (Å²) >= 11 is 0. The van der Waals surface area contributed by atoms with Crippen LogP contribution in [0.2, 0.25) is 0 Å². The van der Waals surface area contributed by atoms with E-state index in [-0.39, 0.29) is 11.4 Å². The zero-order valence-corrected chi connectivity index (χ0v) is 21.6. The molecule has 1 aliphatic heterocycles. The van der Waals surface area contributed by atoms with E-state index in [0.717, 1.165) is 33.5 Å². The van der Waals surface area contributed by atoms with E-state index in [1.54, 1.807) is 28.6 Å². The molecule has 0 amide bonds. The summed E-state index contributed by atoms with van der Waals surface area (Å²) in [5.41, 5.74) is 5.37. The zero-order valence-electron chi connectivity index (χ0n) is 20.0. The van der Waals surface area contributed by atoms with Gasteiger partial charge in [-0.15, -0.1) is 0 Å². The topological polar surface area (TPSA) is 88.5 Å². The van der Waals surface area contributed by atoms with Gasteiger partial charge in [0.05, 0.1) is 9.79 Å². The molecule has 0 saturated heterocycles. The second kappa shape index (κ2) is 9.30. The van der Waals surface area contributed by atoms with Crippen molar-refractivity contribution in [2.24, 2.45) is 0 Å². The number of benzene rings is 2. The molecule has 0 bridgehead atoms. The molecule has 4 rings (SSSR count). The Morgan fingerprint density at radius 3 is 2.12 bits per heavy atom. The Morgan fingerprint density at radius 2 is 1.47 bits per heavy atom. The second-order valence-electron chi connectivity index (χ2n) is 9.00. The molecule has 0 spiro atoms. The second-order valence-corrected chi connectivity index (χ2v) is 12.6. The molecular weight excluding hydrogens is 470 g/mol. The van der Waals surface area contributed by atoms with Crippen LogP contribution in [0.15, 0.2) is 58.5 Å². The highest BCUT2D eigenvalue weighted by Gasteiger charge is 2.30. The normalized spacial score (nSPS) is 15.2. The third-order valence-corrected chi connectivity index (χ3v) is 9.97. The lowest BCUT2D eigenvalue weighted by atomic mass is 10.1. The van der Waals surface area contributed by atoms with Crippen molar-refractivity contribution in [3.05, 3.63) is 82.2 Å². The Kier molecular flexibility index (Phi) is 6.74. The number of aromatic nitrogens is 1.